The number of hydrogen-bond donors (Lipinski definition) is 2. The predicted octanol–water partition coefficient (Wildman–Crippen LogP) is 2.37. The number of ether oxygens (including phenoxy) is 1. The third-order valence-corrected chi connectivity index (χ3v) is 4.91. The van der Waals surface area contributed by atoms with E-state index in [1.807, 2.05) is 11.0 Å². The number of aryl methyl sites for hydroxylation is 1. The highest BCUT2D eigenvalue weighted by Gasteiger charge is 2.21. The summed E-state index contributed by atoms with van der Waals surface area (Å²) in [5, 5.41) is 13.0. The van der Waals surface area contributed by atoms with Gasteiger partial charge in [0.25, 0.3) is 0 Å². The lowest BCUT2D eigenvalue weighted by molar-refractivity contribution is -0.121. The van der Waals surface area contributed by atoms with Crippen LogP contribution in [0.1, 0.15) is 10.4 Å². The van der Waals surface area contributed by atoms with Crippen LogP contribution in [0.15, 0.2) is 24.3 Å². The summed E-state index contributed by atoms with van der Waals surface area (Å²) in [4.78, 5) is 16.0. The van der Waals surface area contributed by atoms with Gasteiger partial charge in [0.2, 0.25) is 5.91 Å². The van der Waals surface area contributed by atoms with Gasteiger partial charge in [0.15, 0.2) is 11.5 Å². The van der Waals surface area contributed by atoms with Crippen LogP contribution < -0.4 is 10.1 Å². The molecule has 1 amide bonds. The number of likely N-dealkylation sites (N-methyl/N-ethyl adjacent to an activating group) is 1. The molecule has 0 aliphatic carbocycles. The summed E-state index contributed by atoms with van der Waals surface area (Å²) in [5.74, 6) is 0.662. The van der Waals surface area contributed by atoms with Gasteiger partial charge in [-0.05, 0) is 36.8 Å². The SMILES string of the molecule is CNC(=O)CN1CCOc2c(O)cc(-c3ccc(C)s3)cc2C1. The van der Waals surface area contributed by atoms with E-state index >= 15 is 0 Å². The smallest absolute Gasteiger partial charge is 0.233 e. The molecular formula is C17H20N2O3S. The number of rotatable bonds is 3. The summed E-state index contributed by atoms with van der Waals surface area (Å²) in [5.41, 5.74) is 1.89. The van der Waals surface area contributed by atoms with Crippen molar-refractivity contribution in [3.63, 3.8) is 0 Å². The first-order valence-electron chi connectivity index (χ1n) is 7.55. The van der Waals surface area contributed by atoms with Crippen molar-refractivity contribution in [1.82, 2.24) is 10.2 Å². The lowest BCUT2D eigenvalue weighted by Gasteiger charge is -2.18. The van der Waals surface area contributed by atoms with Gasteiger partial charge in [-0.25, -0.2) is 0 Å². The molecule has 5 nitrogen and oxygen atoms in total. The van der Waals surface area contributed by atoms with E-state index < -0.39 is 0 Å². The molecule has 2 N–H and O–H groups in total. The summed E-state index contributed by atoms with van der Waals surface area (Å²) >= 11 is 1.69. The minimum Gasteiger partial charge on any atom is -0.504 e. The highest BCUT2D eigenvalue weighted by Crippen LogP contribution is 2.39. The Morgan fingerprint density at radius 2 is 2.26 bits per heavy atom. The van der Waals surface area contributed by atoms with Gasteiger partial charge in [-0.2, -0.15) is 0 Å². The largest absolute Gasteiger partial charge is 0.504 e. The van der Waals surface area contributed by atoms with Gasteiger partial charge in [-0.1, -0.05) is 0 Å². The molecule has 0 atom stereocenters. The molecule has 0 bridgehead atoms. The number of benzene rings is 1. The van der Waals surface area contributed by atoms with Crippen LogP contribution in [-0.2, 0) is 11.3 Å². The van der Waals surface area contributed by atoms with E-state index in [9.17, 15) is 9.90 Å². The van der Waals surface area contributed by atoms with Crippen molar-refractivity contribution in [3.05, 3.63) is 34.7 Å². The first-order valence-corrected chi connectivity index (χ1v) is 8.37. The van der Waals surface area contributed by atoms with Crippen molar-refractivity contribution in [2.75, 3.05) is 26.7 Å². The van der Waals surface area contributed by atoms with E-state index in [1.165, 1.54) is 4.88 Å². The fourth-order valence-electron chi connectivity index (χ4n) is 2.70. The summed E-state index contributed by atoms with van der Waals surface area (Å²) < 4.78 is 5.70. The standard InChI is InChI=1S/C17H20N2O3S/c1-11-3-4-15(23-11)12-7-13-9-19(10-16(21)18-2)5-6-22-17(13)14(20)8-12/h3-4,7-8,20H,5-6,9-10H2,1-2H3,(H,18,21). The molecule has 0 radical (unpaired) electrons. The molecule has 0 saturated heterocycles. The van der Waals surface area contributed by atoms with E-state index in [1.54, 1.807) is 24.5 Å². The van der Waals surface area contributed by atoms with Crippen molar-refractivity contribution in [3.8, 4) is 21.9 Å². The van der Waals surface area contributed by atoms with Crippen molar-refractivity contribution < 1.29 is 14.6 Å². The maximum Gasteiger partial charge on any atom is 0.233 e. The number of nitrogens with one attached hydrogen (secondary N) is 1. The summed E-state index contributed by atoms with van der Waals surface area (Å²) in [6.45, 7) is 4.06. The van der Waals surface area contributed by atoms with E-state index in [4.69, 9.17) is 4.74 Å². The Hall–Kier alpha value is -2.05. The number of aromatic hydroxyl groups is 1. The molecule has 2 aromatic rings. The fourth-order valence-corrected chi connectivity index (χ4v) is 3.56. The van der Waals surface area contributed by atoms with Gasteiger partial charge in [0.05, 0.1) is 6.54 Å². The van der Waals surface area contributed by atoms with E-state index in [0.717, 1.165) is 16.0 Å². The topological polar surface area (TPSA) is 61.8 Å². The molecule has 0 fully saturated rings. The minimum absolute atomic E-state index is 0.0253. The first kappa shape index (κ1) is 15.8. The van der Waals surface area contributed by atoms with Crippen LogP contribution in [0.2, 0.25) is 0 Å². The second-order valence-corrected chi connectivity index (χ2v) is 6.91. The van der Waals surface area contributed by atoms with E-state index in [-0.39, 0.29) is 11.7 Å². The zero-order valence-corrected chi connectivity index (χ0v) is 14.1. The Morgan fingerprint density at radius 3 is 2.96 bits per heavy atom. The number of nitrogens with zero attached hydrogens (tertiary/aromatic N) is 1. The lowest BCUT2D eigenvalue weighted by atomic mass is 10.1. The number of carbonyl (C=O) groups excluding carboxylic acids is 1. The monoisotopic (exact) mass is 332 g/mol. The van der Waals surface area contributed by atoms with Crippen LogP contribution in [-0.4, -0.2) is 42.7 Å². The van der Waals surface area contributed by atoms with Crippen LogP contribution in [0.3, 0.4) is 0 Å². The molecule has 2 heterocycles. The summed E-state index contributed by atoms with van der Waals surface area (Å²) in [7, 11) is 1.63. The third kappa shape index (κ3) is 3.48. The first-order chi connectivity index (χ1) is 11.1. The molecule has 3 rings (SSSR count). The molecule has 0 saturated carbocycles. The number of fused-ring (bicyclic) bond motifs is 1. The van der Waals surface area contributed by atoms with Crippen molar-refractivity contribution in [2.24, 2.45) is 0 Å². The Morgan fingerprint density at radius 1 is 1.43 bits per heavy atom. The van der Waals surface area contributed by atoms with E-state index in [0.29, 0.717) is 32.0 Å². The Balaban J connectivity index is 1.92. The molecule has 1 aliphatic rings. The van der Waals surface area contributed by atoms with Gasteiger partial charge < -0.3 is 15.2 Å². The second-order valence-electron chi connectivity index (χ2n) is 5.63. The number of carbonyl (C=O) groups is 1. The number of phenolic OH excluding ortho intramolecular Hbond substituents is 1. The van der Waals surface area contributed by atoms with Crippen LogP contribution in [0.25, 0.3) is 10.4 Å². The zero-order valence-electron chi connectivity index (χ0n) is 13.3. The minimum atomic E-state index is -0.0253. The highest BCUT2D eigenvalue weighted by atomic mass is 32.1. The molecule has 0 spiro atoms. The predicted molar refractivity (Wildman–Crippen MR) is 91.0 cm³/mol. The molecule has 23 heavy (non-hydrogen) atoms. The molecule has 1 aliphatic heterocycles. The molecular weight excluding hydrogens is 312 g/mol. The van der Waals surface area contributed by atoms with Crippen molar-refractivity contribution >= 4 is 17.2 Å². The molecule has 1 aromatic carbocycles. The van der Waals surface area contributed by atoms with Gasteiger partial charge >= 0.3 is 0 Å². The number of hydrogen-bond acceptors (Lipinski definition) is 5. The number of amides is 1. The van der Waals surface area contributed by atoms with E-state index in [2.05, 4.69) is 24.4 Å². The van der Waals surface area contributed by atoms with Crippen LogP contribution in [0.5, 0.6) is 11.5 Å². The Bertz CT molecular complexity index is 727. The lowest BCUT2D eigenvalue weighted by Crippen LogP contribution is -2.36. The van der Waals surface area contributed by atoms with Gasteiger partial charge in [0, 0.05) is 35.5 Å². The van der Waals surface area contributed by atoms with Gasteiger partial charge in [-0.15, -0.1) is 11.3 Å². The normalized spacial score (nSPS) is 14.7. The molecule has 0 unspecified atom stereocenters. The number of thiophene rings is 1. The maximum atomic E-state index is 11.6. The van der Waals surface area contributed by atoms with Crippen molar-refractivity contribution in [2.45, 2.75) is 13.5 Å². The van der Waals surface area contributed by atoms with Gasteiger partial charge in [-0.3, -0.25) is 9.69 Å². The maximum absolute atomic E-state index is 11.6. The van der Waals surface area contributed by atoms with Crippen molar-refractivity contribution in [1.29, 1.82) is 0 Å². The average Bonchev–Trinajstić information content (AvgIpc) is 2.85. The second kappa shape index (κ2) is 6.60. The quantitative estimate of drug-likeness (QED) is 0.906. The molecule has 6 heteroatoms. The summed E-state index contributed by atoms with van der Waals surface area (Å²) in [6, 6.07) is 7.92. The zero-order chi connectivity index (χ0) is 16.4. The number of phenols is 1. The fraction of sp³-hybridized carbons (Fsp3) is 0.353. The molecule has 122 valence electrons. The summed E-state index contributed by atoms with van der Waals surface area (Å²) in [6.07, 6.45) is 0. The third-order valence-electron chi connectivity index (χ3n) is 3.87. The average molecular weight is 332 g/mol. The van der Waals surface area contributed by atoms with Crippen LogP contribution in [0, 0.1) is 6.92 Å². The highest BCUT2D eigenvalue weighted by molar-refractivity contribution is 7.15. The van der Waals surface area contributed by atoms with Crippen LogP contribution >= 0.6 is 11.3 Å². The Labute approximate surface area is 139 Å². The van der Waals surface area contributed by atoms with Gasteiger partial charge in [0.1, 0.15) is 6.61 Å². The Kier molecular flexibility index (Phi) is 4.54. The van der Waals surface area contributed by atoms with Crippen LogP contribution in [0.4, 0.5) is 0 Å². The molecule has 1 aromatic heterocycles.